The number of hydrogen-bond acceptors (Lipinski definition) is 7. The summed E-state index contributed by atoms with van der Waals surface area (Å²) in [6.45, 7) is -0.313. The van der Waals surface area contributed by atoms with Gasteiger partial charge in [-0.15, -0.1) is 0 Å². The standard InChI is InChI=1S/C22H22N4O6S/c27-22(25-17-7-6-15-3-1-4-16(15)11-17)14-24-33(30,31)19-8-9-20(21(12-19)26(28)29)23-13-18-5-2-10-32-18/h2,5-12,23-24H,1,3-4,13-14H2,(H,25,27). The summed E-state index contributed by atoms with van der Waals surface area (Å²) in [6, 6.07) is 12.5. The van der Waals surface area contributed by atoms with Gasteiger partial charge in [-0.3, -0.25) is 14.9 Å². The number of hydrogen-bond donors (Lipinski definition) is 3. The van der Waals surface area contributed by atoms with Gasteiger partial charge in [0.2, 0.25) is 15.9 Å². The van der Waals surface area contributed by atoms with Crippen LogP contribution in [0.1, 0.15) is 23.3 Å². The number of aryl methyl sites for hydroxylation is 2. The van der Waals surface area contributed by atoms with E-state index in [1.165, 1.54) is 29.5 Å². The molecule has 0 bridgehead atoms. The maximum Gasteiger partial charge on any atom is 0.293 e. The molecule has 33 heavy (non-hydrogen) atoms. The topological polar surface area (TPSA) is 144 Å². The number of nitro benzene ring substituents is 1. The third kappa shape index (κ3) is 5.38. The Bertz CT molecular complexity index is 1290. The van der Waals surface area contributed by atoms with E-state index in [9.17, 15) is 23.3 Å². The number of nitro groups is 1. The molecule has 0 atom stereocenters. The van der Waals surface area contributed by atoms with Gasteiger partial charge in [0.1, 0.15) is 11.4 Å². The van der Waals surface area contributed by atoms with Crippen LogP contribution in [0, 0.1) is 10.1 Å². The fraction of sp³-hybridized carbons (Fsp3) is 0.227. The molecule has 1 aliphatic carbocycles. The maximum atomic E-state index is 12.6. The summed E-state index contributed by atoms with van der Waals surface area (Å²) in [6.07, 6.45) is 4.53. The fourth-order valence-electron chi connectivity index (χ4n) is 3.67. The van der Waals surface area contributed by atoms with E-state index in [0.717, 1.165) is 25.3 Å². The van der Waals surface area contributed by atoms with Gasteiger partial charge in [-0.25, -0.2) is 13.1 Å². The SMILES string of the molecule is O=C(CNS(=O)(=O)c1ccc(NCc2ccco2)c([N+](=O)[O-])c1)Nc1ccc2c(c1)CCC2. The first-order chi connectivity index (χ1) is 15.8. The number of nitrogens with zero attached hydrogens (tertiary/aromatic N) is 1. The van der Waals surface area contributed by atoms with Crippen molar-refractivity contribution in [2.75, 3.05) is 17.2 Å². The molecule has 0 aliphatic heterocycles. The Morgan fingerprint density at radius 2 is 1.91 bits per heavy atom. The van der Waals surface area contributed by atoms with Gasteiger partial charge in [-0.1, -0.05) is 6.07 Å². The van der Waals surface area contributed by atoms with E-state index in [2.05, 4.69) is 15.4 Å². The highest BCUT2D eigenvalue weighted by Crippen LogP contribution is 2.28. The molecule has 0 saturated carbocycles. The molecule has 1 aliphatic rings. The van der Waals surface area contributed by atoms with Crippen LogP contribution in [-0.4, -0.2) is 25.8 Å². The molecule has 172 valence electrons. The summed E-state index contributed by atoms with van der Waals surface area (Å²) in [5.74, 6) is 0.0276. The van der Waals surface area contributed by atoms with Crippen LogP contribution >= 0.6 is 0 Å². The largest absolute Gasteiger partial charge is 0.467 e. The average molecular weight is 471 g/mol. The normalized spacial score (nSPS) is 12.8. The second-order valence-corrected chi connectivity index (χ2v) is 9.35. The van der Waals surface area contributed by atoms with Crippen molar-refractivity contribution in [2.24, 2.45) is 0 Å². The van der Waals surface area contributed by atoms with Gasteiger partial charge in [0.05, 0.1) is 29.2 Å². The molecule has 0 fully saturated rings. The molecular formula is C22H22N4O6S. The molecule has 3 N–H and O–H groups in total. The highest BCUT2D eigenvalue weighted by Gasteiger charge is 2.22. The molecule has 0 radical (unpaired) electrons. The van der Waals surface area contributed by atoms with E-state index in [0.29, 0.717) is 11.4 Å². The molecule has 0 spiro atoms. The summed E-state index contributed by atoms with van der Waals surface area (Å²) in [5, 5.41) is 17.0. The molecule has 4 rings (SSSR count). The van der Waals surface area contributed by atoms with Crippen molar-refractivity contribution in [1.29, 1.82) is 0 Å². The van der Waals surface area contributed by atoms with Crippen LogP contribution in [0.4, 0.5) is 17.1 Å². The van der Waals surface area contributed by atoms with Crippen molar-refractivity contribution < 1.29 is 22.6 Å². The van der Waals surface area contributed by atoms with Gasteiger partial charge in [-0.2, -0.15) is 0 Å². The maximum absolute atomic E-state index is 12.6. The number of amides is 1. The van der Waals surface area contributed by atoms with Crippen LogP contribution in [-0.2, 0) is 34.2 Å². The van der Waals surface area contributed by atoms with E-state index >= 15 is 0 Å². The third-order valence-electron chi connectivity index (χ3n) is 5.31. The lowest BCUT2D eigenvalue weighted by Crippen LogP contribution is -2.33. The number of nitrogens with one attached hydrogen (secondary N) is 3. The zero-order chi connectivity index (χ0) is 23.4. The number of sulfonamides is 1. The number of anilines is 2. The number of fused-ring (bicyclic) bond motifs is 1. The zero-order valence-electron chi connectivity index (χ0n) is 17.5. The first-order valence-electron chi connectivity index (χ1n) is 10.3. The highest BCUT2D eigenvalue weighted by atomic mass is 32.2. The van der Waals surface area contributed by atoms with Crippen LogP contribution in [0.25, 0.3) is 0 Å². The van der Waals surface area contributed by atoms with Crippen LogP contribution in [0.15, 0.2) is 64.1 Å². The first kappa shape index (κ1) is 22.5. The smallest absolute Gasteiger partial charge is 0.293 e. The van der Waals surface area contributed by atoms with Gasteiger partial charge in [0, 0.05) is 11.8 Å². The number of rotatable bonds is 9. The van der Waals surface area contributed by atoms with Crippen LogP contribution in [0.3, 0.4) is 0 Å². The molecule has 1 heterocycles. The predicted molar refractivity (Wildman–Crippen MR) is 121 cm³/mol. The molecule has 2 aromatic carbocycles. The molecule has 3 aromatic rings. The van der Waals surface area contributed by atoms with Crippen LogP contribution < -0.4 is 15.4 Å². The highest BCUT2D eigenvalue weighted by molar-refractivity contribution is 7.89. The van der Waals surface area contributed by atoms with E-state index in [-0.39, 0.29) is 17.1 Å². The number of carbonyl (C=O) groups excluding carboxylic acids is 1. The van der Waals surface area contributed by atoms with Gasteiger partial charge >= 0.3 is 0 Å². The summed E-state index contributed by atoms with van der Waals surface area (Å²) in [5.41, 5.74) is 2.78. The molecular weight excluding hydrogens is 448 g/mol. The lowest BCUT2D eigenvalue weighted by Gasteiger charge is -2.10. The Morgan fingerprint density at radius 1 is 1.09 bits per heavy atom. The second kappa shape index (κ2) is 9.43. The Morgan fingerprint density at radius 3 is 2.67 bits per heavy atom. The van der Waals surface area contributed by atoms with Crippen molar-refractivity contribution in [1.82, 2.24) is 4.72 Å². The summed E-state index contributed by atoms with van der Waals surface area (Å²) in [4.78, 5) is 22.7. The second-order valence-electron chi connectivity index (χ2n) is 7.58. The Hall–Kier alpha value is -3.70. The van der Waals surface area contributed by atoms with E-state index in [4.69, 9.17) is 4.42 Å². The van der Waals surface area contributed by atoms with E-state index in [1.54, 1.807) is 18.2 Å². The summed E-state index contributed by atoms with van der Waals surface area (Å²) < 4.78 is 32.6. The van der Waals surface area contributed by atoms with E-state index < -0.39 is 33.1 Å². The predicted octanol–water partition coefficient (Wildman–Crippen LogP) is 3.21. The van der Waals surface area contributed by atoms with Gasteiger partial charge < -0.3 is 15.1 Å². The summed E-state index contributed by atoms with van der Waals surface area (Å²) in [7, 11) is -4.15. The molecule has 1 aromatic heterocycles. The lowest BCUT2D eigenvalue weighted by atomic mass is 10.1. The van der Waals surface area contributed by atoms with Crippen molar-refractivity contribution in [3.8, 4) is 0 Å². The van der Waals surface area contributed by atoms with Crippen molar-refractivity contribution >= 4 is 33.0 Å². The number of carbonyl (C=O) groups is 1. The van der Waals surface area contributed by atoms with E-state index in [1.807, 2.05) is 12.1 Å². The first-order valence-corrected chi connectivity index (χ1v) is 11.8. The molecule has 1 amide bonds. The van der Waals surface area contributed by atoms with Gasteiger partial charge in [0.15, 0.2) is 0 Å². The molecule has 0 unspecified atom stereocenters. The van der Waals surface area contributed by atoms with Crippen molar-refractivity contribution in [2.45, 2.75) is 30.7 Å². The molecule has 0 saturated heterocycles. The quantitative estimate of drug-likeness (QED) is 0.322. The zero-order valence-corrected chi connectivity index (χ0v) is 18.4. The minimum Gasteiger partial charge on any atom is -0.467 e. The Balaban J connectivity index is 1.41. The van der Waals surface area contributed by atoms with Gasteiger partial charge in [0.25, 0.3) is 5.69 Å². The lowest BCUT2D eigenvalue weighted by molar-refractivity contribution is -0.384. The monoisotopic (exact) mass is 470 g/mol. The minimum absolute atomic E-state index is 0.143. The number of furan rings is 1. The Labute approximate surface area is 190 Å². The minimum atomic E-state index is -4.15. The van der Waals surface area contributed by atoms with Crippen LogP contribution in [0.2, 0.25) is 0 Å². The number of benzene rings is 2. The average Bonchev–Trinajstić information content (AvgIpc) is 3.48. The van der Waals surface area contributed by atoms with Crippen molar-refractivity contribution in [3.63, 3.8) is 0 Å². The van der Waals surface area contributed by atoms with Gasteiger partial charge in [-0.05, 0) is 66.8 Å². The fourth-order valence-corrected chi connectivity index (χ4v) is 4.68. The van der Waals surface area contributed by atoms with Crippen LogP contribution in [0.5, 0.6) is 0 Å². The third-order valence-corrected chi connectivity index (χ3v) is 6.71. The molecule has 10 nitrogen and oxygen atoms in total. The molecule has 11 heteroatoms. The Kier molecular flexibility index (Phi) is 6.43. The summed E-state index contributed by atoms with van der Waals surface area (Å²) >= 11 is 0. The van der Waals surface area contributed by atoms with Crippen molar-refractivity contribution in [3.05, 3.63) is 81.8 Å².